The van der Waals surface area contributed by atoms with Gasteiger partial charge in [-0.3, -0.25) is 0 Å². The third kappa shape index (κ3) is 15.1. The number of unbranched alkanes of at least 4 members (excludes halogenated alkanes) is 5. The minimum atomic E-state index is -1.08. The first-order valence-corrected chi connectivity index (χ1v) is 10.3. The molecule has 0 spiro atoms. The molecule has 0 aliphatic carbocycles. The van der Waals surface area contributed by atoms with E-state index in [1.165, 1.54) is 32.1 Å². The summed E-state index contributed by atoms with van der Waals surface area (Å²) >= 11 is 0. The van der Waals surface area contributed by atoms with Crippen molar-refractivity contribution in [2.45, 2.75) is 65.1 Å². The van der Waals surface area contributed by atoms with Crippen molar-refractivity contribution in [1.29, 1.82) is 0 Å². The summed E-state index contributed by atoms with van der Waals surface area (Å²) in [5.74, 6) is 11.9. The molecule has 0 radical (unpaired) electrons. The maximum atomic E-state index is 3.11. The molecule has 0 saturated carbocycles. The minimum absolute atomic E-state index is 0.996. The summed E-state index contributed by atoms with van der Waals surface area (Å²) in [6.45, 7) is 9.14. The molecule has 0 aliphatic rings. The van der Waals surface area contributed by atoms with Crippen molar-refractivity contribution >= 4 is 8.07 Å². The Hall–Kier alpha value is -0.923. The fourth-order valence-electron chi connectivity index (χ4n) is 1.29. The van der Waals surface area contributed by atoms with Crippen LogP contribution in [0.4, 0.5) is 0 Å². The Balaban J connectivity index is 3.62. The first kappa shape index (κ1) is 16.1. The van der Waals surface area contributed by atoms with Gasteiger partial charge in [-0.05, 0) is 24.3 Å². The lowest BCUT2D eigenvalue weighted by molar-refractivity contribution is 0.641. The highest BCUT2D eigenvalue weighted by atomic mass is 28.3. The van der Waals surface area contributed by atoms with Gasteiger partial charge in [0.2, 0.25) is 0 Å². The van der Waals surface area contributed by atoms with Crippen molar-refractivity contribution in [2.24, 2.45) is 0 Å². The molecule has 0 atom stereocenters. The molecule has 1 heteroatoms. The molecule has 0 nitrogen and oxygen atoms in total. The standard InChI is InChI=1S/C16H26Si/c1-5-6-7-8-9-10-11-12-13-14-15-16-17(2,3)4/h15-16H,5-10H2,1-4H3/b16-15+. The highest BCUT2D eigenvalue weighted by molar-refractivity contribution is 6.81. The van der Waals surface area contributed by atoms with Crippen molar-refractivity contribution in [1.82, 2.24) is 0 Å². The van der Waals surface area contributed by atoms with Crippen LogP contribution in [0.5, 0.6) is 0 Å². The quantitative estimate of drug-likeness (QED) is 0.359. The van der Waals surface area contributed by atoms with Gasteiger partial charge in [-0.25, -0.2) is 0 Å². The van der Waals surface area contributed by atoms with Gasteiger partial charge in [0.15, 0.2) is 0 Å². The van der Waals surface area contributed by atoms with Gasteiger partial charge in [-0.1, -0.05) is 69.8 Å². The highest BCUT2D eigenvalue weighted by Gasteiger charge is 2.05. The monoisotopic (exact) mass is 246 g/mol. The zero-order valence-electron chi connectivity index (χ0n) is 11.9. The van der Waals surface area contributed by atoms with Crippen molar-refractivity contribution in [3.63, 3.8) is 0 Å². The van der Waals surface area contributed by atoms with E-state index < -0.39 is 8.07 Å². The highest BCUT2D eigenvalue weighted by Crippen LogP contribution is 2.03. The average Bonchev–Trinajstić information content (AvgIpc) is 2.24. The van der Waals surface area contributed by atoms with Crippen molar-refractivity contribution < 1.29 is 0 Å². The molecular formula is C16H26Si. The number of hydrogen-bond acceptors (Lipinski definition) is 0. The summed E-state index contributed by atoms with van der Waals surface area (Å²) in [7, 11) is -1.08. The molecule has 0 aromatic heterocycles. The molecule has 0 aromatic carbocycles. The lowest BCUT2D eigenvalue weighted by atomic mass is 10.1. The molecule has 0 bridgehead atoms. The Morgan fingerprint density at radius 3 is 2.29 bits per heavy atom. The van der Waals surface area contributed by atoms with Gasteiger partial charge in [0.05, 0.1) is 8.07 Å². The van der Waals surface area contributed by atoms with Crippen molar-refractivity contribution in [2.75, 3.05) is 0 Å². The van der Waals surface area contributed by atoms with E-state index in [-0.39, 0.29) is 0 Å². The Morgan fingerprint density at radius 2 is 1.65 bits per heavy atom. The Bertz CT molecular complexity index is 322. The average molecular weight is 246 g/mol. The van der Waals surface area contributed by atoms with Gasteiger partial charge in [-0.15, -0.1) is 0 Å². The maximum Gasteiger partial charge on any atom is 0.0695 e. The smallest absolute Gasteiger partial charge is 0.0695 e. The zero-order chi connectivity index (χ0) is 13.0. The fraction of sp³-hybridized carbons (Fsp3) is 0.625. The van der Waals surface area contributed by atoms with Crippen LogP contribution in [0.15, 0.2) is 11.8 Å². The van der Waals surface area contributed by atoms with Gasteiger partial charge in [0.1, 0.15) is 0 Å². The molecule has 0 unspecified atom stereocenters. The summed E-state index contributed by atoms with van der Waals surface area (Å²) in [5.41, 5.74) is 2.24. The molecule has 0 amide bonds. The second-order valence-electron chi connectivity index (χ2n) is 5.43. The molecule has 0 aromatic rings. The van der Waals surface area contributed by atoms with Crippen LogP contribution in [0.1, 0.15) is 45.4 Å². The molecule has 0 N–H and O–H groups in total. The van der Waals surface area contributed by atoms with Gasteiger partial charge in [0, 0.05) is 6.42 Å². The van der Waals surface area contributed by atoms with Crippen molar-refractivity contribution in [3.05, 3.63) is 11.8 Å². The van der Waals surface area contributed by atoms with E-state index in [0.717, 1.165) is 6.42 Å². The molecule has 0 aliphatic heterocycles. The molecule has 0 rings (SSSR count). The Kier molecular flexibility index (Phi) is 9.69. The fourth-order valence-corrected chi connectivity index (χ4v) is 1.88. The Morgan fingerprint density at radius 1 is 0.941 bits per heavy atom. The van der Waals surface area contributed by atoms with Gasteiger partial charge in [-0.2, -0.15) is 0 Å². The lowest BCUT2D eigenvalue weighted by Gasteiger charge is -2.05. The molecule has 94 valence electrons. The normalized spacial score (nSPS) is 10.6. The lowest BCUT2D eigenvalue weighted by Crippen LogP contribution is -2.14. The van der Waals surface area contributed by atoms with Crippen LogP contribution in [-0.4, -0.2) is 8.07 Å². The van der Waals surface area contributed by atoms with Crippen LogP contribution in [0.3, 0.4) is 0 Å². The third-order valence-corrected chi connectivity index (χ3v) is 3.46. The van der Waals surface area contributed by atoms with E-state index in [1.54, 1.807) is 0 Å². The molecule has 0 saturated heterocycles. The number of hydrogen-bond donors (Lipinski definition) is 0. The van der Waals surface area contributed by atoms with Crippen LogP contribution in [0.2, 0.25) is 19.6 Å². The van der Waals surface area contributed by atoms with Gasteiger partial charge >= 0.3 is 0 Å². The SMILES string of the molecule is CCCCCCCC#CC#C/C=C/[Si](C)(C)C. The first-order valence-electron chi connectivity index (χ1n) is 6.72. The summed E-state index contributed by atoms with van der Waals surface area (Å²) in [6, 6.07) is 0. The minimum Gasteiger partial charge on any atom is -0.0891 e. The van der Waals surface area contributed by atoms with E-state index >= 15 is 0 Å². The Labute approximate surface area is 109 Å². The summed E-state index contributed by atoms with van der Waals surface area (Å²) in [6.07, 6.45) is 9.50. The van der Waals surface area contributed by atoms with E-state index in [1.807, 2.05) is 6.08 Å². The zero-order valence-corrected chi connectivity index (χ0v) is 12.9. The van der Waals surface area contributed by atoms with Crippen LogP contribution >= 0.6 is 0 Å². The molecule has 0 fully saturated rings. The van der Waals surface area contributed by atoms with Gasteiger partial charge < -0.3 is 0 Å². The van der Waals surface area contributed by atoms with Crippen LogP contribution in [-0.2, 0) is 0 Å². The number of allylic oxidation sites excluding steroid dienone is 1. The van der Waals surface area contributed by atoms with E-state index in [0.29, 0.717) is 0 Å². The molecular weight excluding hydrogens is 220 g/mol. The second kappa shape index (κ2) is 10.2. The largest absolute Gasteiger partial charge is 0.0891 e. The van der Waals surface area contributed by atoms with Gasteiger partial charge in [0.25, 0.3) is 0 Å². The third-order valence-electron chi connectivity index (χ3n) is 2.30. The summed E-state index contributed by atoms with van der Waals surface area (Å²) in [5, 5.41) is 0. The topological polar surface area (TPSA) is 0 Å². The second-order valence-corrected chi connectivity index (χ2v) is 10.5. The van der Waals surface area contributed by atoms with Crippen LogP contribution in [0.25, 0.3) is 0 Å². The summed E-state index contributed by atoms with van der Waals surface area (Å²) < 4.78 is 0. The predicted molar refractivity (Wildman–Crippen MR) is 81.4 cm³/mol. The van der Waals surface area contributed by atoms with Crippen molar-refractivity contribution in [3.8, 4) is 23.7 Å². The van der Waals surface area contributed by atoms with Crippen LogP contribution < -0.4 is 0 Å². The molecule has 0 heterocycles. The maximum absolute atomic E-state index is 3.11. The first-order chi connectivity index (χ1) is 8.06. The van der Waals surface area contributed by atoms with E-state index in [2.05, 4.69) is 55.9 Å². The molecule has 17 heavy (non-hydrogen) atoms. The van der Waals surface area contributed by atoms with E-state index in [4.69, 9.17) is 0 Å². The summed E-state index contributed by atoms with van der Waals surface area (Å²) in [4.78, 5) is 0. The van der Waals surface area contributed by atoms with Crippen LogP contribution in [0, 0.1) is 23.7 Å². The number of rotatable bonds is 6. The van der Waals surface area contributed by atoms with E-state index in [9.17, 15) is 0 Å². The predicted octanol–water partition coefficient (Wildman–Crippen LogP) is 4.79.